The lowest BCUT2D eigenvalue weighted by Crippen LogP contribution is -2.33. The fourth-order valence-corrected chi connectivity index (χ4v) is 2.57. The second-order valence-electron chi connectivity index (χ2n) is 7.27. The number of nitrogens with zero attached hydrogens (tertiary/aromatic N) is 2. The Morgan fingerprint density at radius 2 is 1.69 bits per heavy atom. The van der Waals surface area contributed by atoms with Gasteiger partial charge in [0.15, 0.2) is 0 Å². The first-order valence-electron chi connectivity index (χ1n) is 8.76. The zero-order chi connectivity index (χ0) is 21.2. The smallest absolute Gasteiger partial charge is 0.407 e. The van der Waals surface area contributed by atoms with E-state index in [-0.39, 0.29) is 23.2 Å². The van der Waals surface area contributed by atoms with Crippen molar-refractivity contribution in [2.75, 3.05) is 0 Å². The van der Waals surface area contributed by atoms with E-state index in [1.54, 1.807) is 32.9 Å². The summed E-state index contributed by atoms with van der Waals surface area (Å²) in [6, 6.07) is 7.62. The Morgan fingerprint density at radius 3 is 2.28 bits per heavy atom. The van der Waals surface area contributed by atoms with E-state index in [1.165, 1.54) is 30.6 Å². The molecule has 0 fully saturated rings. The number of carbonyl (C=O) groups is 4. The molecule has 0 radical (unpaired) electrons. The maximum absolute atomic E-state index is 12.4. The lowest BCUT2D eigenvalue weighted by Gasteiger charge is -2.19. The minimum absolute atomic E-state index is 0.0186. The van der Waals surface area contributed by atoms with E-state index in [1.807, 2.05) is 0 Å². The van der Waals surface area contributed by atoms with Crippen LogP contribution in [-0.4, -0.2) is 39.5 Å². The van der Waals surface area contributed by atoms with Gasteiger partial charge in [-0.1, -0.05) is 17.2 Å². The van der Waals surface area contributed by atoms with Gasteiger partial charge >= 0.3 is 12.1 Å². The summed E-state index contributed by atoms with van der Waals surface area (Å²) in [5.41, 5.74) is 0.218. The van der Waals surface area contributed by atoms with E-state index in [0.717, 1.165) is 0 Å². The van der Waals surface area contributed by atoms with Crippen molar-refractivity contribution in [2.24, 2.45) is 0 Å². The highest BCUT2D eigenvalue weighted by Crippen LogP contribution is 2.23. The van der Waals surface area contributed by atoms with Crippen molar-refractivity contribution in [3.63, 3.8) is 0 Å². The van der Waals surface area contributed by atoms with Crippen LogP contribution in [0.4, 0.5) is 4.79 Å². The molecule has 0 saturated carbocycles. The molecule has 0 aliphatic carbocycles. The van der Waals surface area contributed by atoms with Crippen LogP contribution < -0.4 is 5.32 Å². The van der Waals surface area contributed by atoms with E-state index >= 15 is 0 Å². The Hall–Kier alpha value is -3.75. The van der Waals surface area contributed by atoms with Crippen molar-refractivity contribution >= 4 is 23.9 Å². The van der Waals surface area contributed by atoms with Gasteiger partial charge in [-0.25, -0.2) is 9.59 Å². The van der Waals surface area contributed by atoms with Crippen LogP contribution in [0.3, 0.4) is 0 Å². The highest BCUT2D eigenvalue weighted by Gasteiger charge is 2.38. The number of carbonyl (C=O) groups excluding carboxylic acids is 4. The third-order valence-corrected chi connectivity index (χ3v) is 3.80. The van der Waals surface area contributed by atoms with Crippen LogP contribution >= 0.6 is 0 Å². The number of amides is 3. The minimum Gasteiger partial charge on any atom is -0.444 e. The van der Waals surface area contributed by atoms with Crippen molar-refractivity contribution in [2.45, 2.75) is 32.9 Å². The lowest BCUT2D eigenvalue weighted by atomic mass is 10.1. The number of rotatable bonds is 4. The summed E-state index contributed by atoms with van der Waals surface area (Å²) in [5.74, 6) is -2.35. The number of pyridine rings is 1. The summed E-state index contributed by atoms with van der Waals surface area (Å²) in [7, 11) is 0. The van der Waals surface area contributed by atoms with Crippen molar-refractivity contribution < 1.29 is 28.8 Å². The zero-order valence-electron chi connectivity index (χ0n) is 16.1. The number of hydrogen-bond acceptors (Lipinski definition) is 7. The number of benzene rings is 1. The topological polar surface area (TPSA) is 115 Å². The van der Waals surface area contributed by atoms with Gasteiger partial charge in [-0.05, 0) is 44.5 Å². The molecular formula is C20H19N3O6. The molecule has 9 heteroatoms. The molecule has 150 valence electrons. The molecular weight excluding hydrogens is 378 g/mol. The van der Waals surface area contributed by atoms with Crippen molar-refractivity contribution in [1.82, 2.24) is 15.4 Å². The molecule has 1 aromatic carbocycles. The lowest BCUT2D eigenvalue weighted by molar-refractivity contribution is -0.0584. The van der Waals surface area contributed by atoms with Crippen molar-refractivity contribution in [3.05, 3.63) is 65.0 Å². The highest BCUT2D eigenvalue weighted by atomic mass is 16.7. The molecule has 2 aromatic rings. The van der Waals surface area contributed by atoms with Crippen LogP contribution in [0.25, 0.3) is 0 Å². The molecule has 0 atom stereocenters. The Kier molecular flexibility index (Phi) is 5.31. The largest absolute Gasteiger partial charge is 0.444 e. The number of ether oxygens (including phenoxy) is 1. The highest BCUT2D eigenvalue weighted by molar-refractivity contribution is 6.21. The first kappa shape index (κ1) is 20.0. The van der Waals surface area contributed by atoms with Gasteiger partial charge in [0.2, 0.25) is 0 Å². The van der Waals surface area contributed by atoms with Gasteiger partial charge in [-0.2, -0.15) is 0 Å². The van der Waals surface area contributed by atoms with Crippen LogP contribution in [-0.2, 0) is 16.1 Å². The van der Waals surface area contributed by atoms with Crippen LogP contribution in [0.1, 0.15) is 57.4 Å². The number of fused-ring (bicyclic) bond motifs is 1. The standard InChI is InChI=1S/C20H19N3O6/c1-20(2,3)28-19(27)22-10-12-8-13(11-21-9-12)18(26)29-23-16(24)14-6-4-5-7-15(14)17(23)25/h4-9,11H,10H2,1-3H3,(H,22,27). The van der Waals surface area contributed by atoms with E-state index < -0.39 is 29.5 Å². The van der Waals surface area contributed by atoms with E-state index in [9.17, 15) is 19.2 Å². The molecule has 1 N–H and O–H groups in total. The summed E-state index contributed by atoms with van der Waals surface area (Å²) < 4.78 is 5.14. The molecule has 2 heterocycles. The average Bonchev–Trinajstić information content (AvgIpc) is 2.90. The maximum atomic E-state index is 12.4. The molecule has 29 heavy (non-hydrogen) atoms. The molecule has 0 spiro atoms. The van der Waals surface area contributed by atoms with Gasteiger partial charge in [0.05, 0.1) is 16.7 Å². The molecule has 3 rings (SSSR count). The van der Waals surface area contributed by atoms with Gasteiger partial charge in [-0.3, -0.25) is 14.6 Å². The van der Waals surface area contributed by atoms with Gasteiger partial charge in [0, 0.05) is 18.9 Å². The predicted molar refractivity (Wildman–Crippen MR) is 99.7 cm³/mol. The summed E-state index contributed by atoms with van der Waals surface area (Å²) in [4.78, 5) is 57.6. The summed E-state index contributed by atoms with van der Waals surface area (Å²) in [6.45, 7) is 5.29. The fourth-order valence-electron chi connectivity index (χ4n) is 2.57. The minimum atomic E-state index is -0.925. The predicted octanol–water partition coefficient (Wildman–Crippen LogP) is 2.47. The first-order valence-corrected chi connectivity index (χ1v) is 8.76. The molecule has 3 amide bonds. The van der Waals surface area contributed by atoms with E-state index in [0.29, 0.717) is 10.6 Å². The monoisotopic (exact) mass is 397 g/mol. The number of nitrogens with one attached hydrogen (secondary N) is 1. The number of hydrogen-bond donors (Lipinski definition) is 1. The average molecular weight is 397 g/mol. The normalized spacial score (nSPS) is 13.1. The summed E-state index contributed by atoms with van der Waals surface area (Å²) in [5, 5.41) is 2.98. The molecule has 0 unspecified atom stereocenters. The number of hydroxylamine groups is 2. The van der Waals surface area contributed by atoms with Gasteiger partial charge in [0.25, 0.3) is 11.8 Å². The number of imide groups is 1. The second-order valence-corrected chi connectivity index (χ2v) is 7.27. The third kappa shape index (κ3) is 4.57. The number of alkyl carbamates (subject to hydrolysis) is 1. The van der Waals surface area contributed by atoms with Crippen LogP contribution in [0.2, 0.25) is 0 Å². The van der Waals surface area contributed by atoms with Gasteiger partial charge in [-0.15, -0.1) is 0 Å². The summed E-state index contributed by atoms with van der Waals surface area (Å²) >= 11 is 0. The number of aromatic nitrogens is 1. The van der Waals surface area contributed by atoms with E-state index in [4.69, 9.17) is 9.57 Å². The van der Waals surface area contributed by atoms with Gasteiger partial charge < -0.3 is 14.9 Å². The molecule has 9 nitrogen and oxygen atoms in total. The van der Waals surface area contributed by atoms with Gasteiger partial charge in [0.1, 0.15) is 5.60 Å². The Bertz CT molecular complexity index is 961. The van der Waals surface area contributed by atoms with Crippen molar-refractivity contribution in [1.29, 1.82) is 0 Å². The van der Waals surface area contributed by atoms with Crippen molar-refractivity contribution in [3.8, 4) is 0 Å². The Balaban J connectivity index is 1.65. The van der Waals surface area contributed by atoms with Crippen LogP contribution in [0.5, 0.6) is 0 Å². The zero-order valence-corrected chi connectivity index (χ0v) is 16.1. The molecule has 1 aliphatic heterocycles. The Labute approximate surface area is 166 Å². The van der Waals surface area contributed by atoms with E-state index in [2.05, 4.69) is 10.3 Å². The second kappa shape index (κ2) is 7.70. The Morgan fingerprint density at radius 1 is 1.07 bits per heavy atom. The molecule has 0 saturated heterocycles. The summed E-state index contributed by atoms with van der Waals surface area (Å²) in [6.07, 6.45) is 2.07. The molecule has 1 aliphatic rings. The third-order valence-electron chi connectivity index (χ3n) is 3.80. The SMILES string of the molecule is CC(C)(C)OC(=O)NCc1cncc(C(=O)ON2C(=O)c3ccccc3C2=O)c1. The maximum Gasteiger partial charge on any atom is 0.407 e. The quantitative estimate of drug-likeness (QED) is 0.788. The molecule has 1 aromatic heterocycles. The van der Waals surface area contributed by atoms with Crippen LogP contribution in [0.15, 0.2) is 42.7 Å². The fraction of sp³-hybridized carbons (Fsp3) is 0.250. The molecule has 0 bridgehead atoms. The first-order chi connectivity index (χ1) is 13.7. The van der Waals surface area contributed by atoms with Crippen LogP contribution in [0, 0.1) is 0 Å².